The Morgan fingerprint density at radius 3 is 2.29 bits per heavy atom. The van der Waals surface area contributed by atoms with Crippen molar-refractivity contribution < 1.29 is 18.0 Å². The van der Waals surface area contributed by atoms with Gasteiger partial charge < -0.3 is 11.1 Å². The Morgan fingerprint density at radius 1 is 1.00 bits per heavy atom. The normalized spacial score (nSPS) is 14.7. The summed E-state index contributed by atoms with van der Waals surface area (Å²) in [4.78, 5) is 23.9. The third-order valence-corrected chi connectivity index (χ3v) is 6.65. The van der Waals surface area contributed by atoms with E-state index in [-0.39, 0.29) is 22.8 Å². The number of primary amides is 1. The van der Waals surface area contributed by atoms with Gasteiger partial charge in [-0.2, -0.15) is 4.31 Å². The van der Waals surface area contributed by atoms with Gasteiger partial charge in [0.2, 0.25) is 15.9 Å². The van der Waals surface area contributed by atoms with E-state index < -0.39 is 15.9 Å². The van der Waals surface area contributed by atoms with Gasteiger partial charge >= 0.3 is 0 Å². The zero-order chi connectivity index (χ0) is 20.1. The summed E-state index contributed by atoms with van der Waals surface area (Å²) in [6, 6.07) is 13.2. The molecule has 0 saturated carbocycles. The fraction of sp³-hybridized carbons (Fsp3) is 0.300. The highest BCUT2D eigenvalue weighted by atomic mass is 32.2. The maximum atomic E-state index is 12.5. The molecule has 28 heavy (non-hydrogen) atoms. The van der Waals surface area contributed by atoms with Crippen LogP contribution in [-0.2, 0) is 21.2 Å². The molecule has 1 fully saturated rings. The van der Waals surface area contributed by atoms with Crippen molar-refractivity contribution in [3.05, 3.63) is 59.7 Å². The Bertz CT molecular complexity index is 965. The number of nitrogens with two attached hydrogens (primary N) is 1. The van der Waals surface area contributed by atoms with E-state index in [2.05, 4.69) is 5.32 Å². The maximum absolute atomic E-state index is 12.5. The minimum atomic E-state index is -3.43. The quantitative estimate of drug-likeness (QED) is 0.741. The summed E-state index contributed by atoms with van der Waals surface area (Å²) >= 11 is 0. The second kappa shape index (κ2) is 8.53. The van der Waals surface area contributed by atoms with Crippen molar-refractivity contribution in [2.45, 2.75) is 30.6 Å². The van der Waals surface area contributed by atoms with Crippen LogP contribution in [0.1, 0.15) is 35.2 Å². The van der Waals surface area contributed by atoms with Crippen molar-refractivity contribution in [2.75, 3.05) is 18.4 Å². The molecule has 8 heteroatoms. The van der Waals surface area contributed by atoms with E-state index >= 15 is 0 Å². The molecule has 148 valence electrons. The smallest absolute Gasteiger partial charge is 0.250 e. The summed E-state index contributed by atoms with van der Waals surface area (Å²) in [5.74, 6) is -0.854. The van der Waals surface area contributed by atoms with Gasteiger partial charge in [0.15, 0.2) is 0 Å². The van der Waals surface area contributed by atoms with Crippen molar-refractivity contribution in [2.24, 2.45) is 5.73 Å². The minimum absolute atomic E-state index is 0.200. The molecule has 2 aromatic rings. The lowest BCUT2D eigenvalue weighted by Crippen LogP contribution is -2.27. The first-order chi connectivity index (χ1) is 13.4. The molecule has 1 aliphatic heterocycles. The molecule has 3 N–H and O–H groups in total. The molecular formula is C20H23N3O4S. The molecule has 7 nitrogen and oxygen atoms in total. The molecule has 0 aliphatic carbocycles. The SMILES string of the molecule is NC(=O)c1ccccc1NC(=O)CCc1ccc(S(=O)(=O)N2CCCC2)cc1. The van der Waals surface area contributed by atoms with Crippen molar-refractivity contribution in [3.8, 4) is 0 Å². The summed E-state index contributed by atoms with van der Waals surface area (Å²) in [6.07, 6.45) is 2.44. The Hall–Kier alpha value is -2.71. The Morgan fingerprint density at radius 2 is 1.64 bits per heavy atom. The zero-order valence-electron chi connectivity index (χ0n) is 15.4. The Kier molecular flexibility index (Phi) is 6.11. The molecule has 0 aromatic heterocycles. The van der Waals surface area contributed by atoms with Crippen LogP contribution >= 0.6 is 0 Å². The molecule has 0 unspecified atom stereocenters. The molecule has 2 aromatic carbocycles. The predicted octanol–water partition coefficient (Wildman–Crippen LogP) is 2.14. The summed E-state index contributed by atoms with van der Waals surface area (Å²) in [7, 11) is -3.43. The van der Waals surface area contributed by atoms with Crippen LogP contribution in [0.15, 0.2) is 53.4 Å². The molecule has 0 atom stereocenters. The van der Waals surface area contributed by atoms with Crippen LogP contribution in [-0.4, -0.2) is 37.6 Å². The number of para-hydroxylation sites is 1. The molecule has 1 saturated heterocycles. The lowest BCUT2D eigenvalue weighted by molar-refractivity contribution is -0.116. The Balaban J connectivity index is 1.59. The van der Waals surface area contributed by atoms with E-state index in [1.54, 1.807) is 48.5 Å². The maximum Gasteiger partial charge on any atom is 0.250 e. The first-order valence-corrected chi connectivity index (χ1v) is 10.6. The number of carbonyl (C=O) groups is 2. The molecule has 0 spiro atoms. The number of benzene rings is 2. The average Bonchev–Trinajstić information content (AvgIpc) is 3.23. The van der Waals surface area contributed by atoms with Crippen molar-refractivity contribution in [1.29, 1.82) is 0 Å². The summed E-state index contributed by atoms with van der Waals surface area (Å²) in [5, 5.41) is 2.69. The number of anilines is 1. The van der Waals surface area contributed by atoms with E-state index in [4.69, 9.17) is 5.73 Å². The molecule has 2 amide bonds. The highest BCUT2D eigenvalue weighted by Gasteiger charge is 2.26. The van der Waals surface area contributed by atoms with E-state index in [9.17, 15) is 18.0 Å². The fourth-order valence-corrected chi connectivity index (χ4v) is 4.70. The molecule has 3 rings (SSSR count). The average molecular weight is 401 g/mol. The summed E-state index contributed by atoms with van der Waals surface area (Å²) < 4.78 is 26.6. The van der Waals surface area contributed by atoms with E-state index in [0.717, 1.165) is 18.4 Å². The zero-order valence-corrected chi connectivity index (χ0v) is 16.2. The molecule has 0 radical (unpaired) electrons. The topological polar surface area (TPSA) is 110 Å². The predicted molar refractivity (Wildman–Crippen MR) is 106 cm³/mol. The van der Waals surface area contributed by atoms with Crippen molar-refractivity contribution in [1.82, 2.24) is 4.31 Å². The largest absolute Gasteiger partial charge is 0.366 e. The monoisotopic (exact) mass is 401 g/mol. The van der Waals surface area contributed by atoms with Crippen LogP contribution in [0.2, 0.25) is 0 Å². The number of hydrogen-bond donors (Lipinski definition) is 2. The first-order valence-electron chi connectivity index (χ1n) is 9.16. The van der Waals surface area contributed by atoms with E-state index in [1.165, 1.54) is 4.31 Å². The molecule has 1 heterocycles. The van der Waals surface area contributed by atoms with Crippen LogP contribution in [0.5, 0.6) is 0 Å². The van der Waals surface area contributed by atoms with Gasteiger partial charge in [-0.3, -0.25) is 9.59 Å². The highest BCUT2D eigenvalue weighted by Crippen LogP contribution is 2.21. The van der Waals surface area contributed by atoms with Gasteiger partial charge in [-0.1, -0.05) is 24.3 Å². The molecule has 0 bridgehead atoms. The number of amides is 2. The van der Waals surface area contributed by atoms with Crippen LogP contribution in [0.3, 0.4) is 0 Å². The van der Waals surface area contributed by atoms with Gasteiger partial charge in [-0.05, 0) is 49.1 Å². The molecular weight excluding hydrogens is 378 g/mol. The number of nitrogens with zero attached hydrogens (tertiary/aromatic N) is 1. The van der Waals surface area contributed by atoms with Crippen molar-refractivity contribution >= 4 is 27.5 Å². The number of sulfonamides is 1. The van der Waals surface area contributed by atoms with Gasteiger partial charge in [0.05, 0.1) is 16.1 Å². The van der Waals surface area contributed by atoms with Crippen LogP contribution < -0.4 is 11.1 Å². The minimum Gasteiger partial charge on any atom is -0.366 e. The van der Waals surface area contributed by atoms with Crippen LogP contribution in [0.25, 0.3) is 0 Å². The van der Waals surface area contributed by atoms with Gasteiger partial charge in [-0.25, -0.2) is 8.42 Å². The number of aryl methyl sites for hydroxylation is 1. The first kappa shape index (κ1) is 20.0. The number of hydrogen-bond acceptors (Lipinski definition) is 4. The van der Waals surface area contributed by atoms with Gasteiger partial charge in [-0.15, -0.1) is 0 Å². The summed E-state index contributed by atoms with van der Waals surface area (Å²) in [6.45, 7) is 1.13. The van der Waals surface area contributed by atoms with Gasteiger partial charge in [0, 0.05) is 19.5 Å². The lowest BCUT2D eigenvalue weighted by atomic mass is 10.1. The second-order valence-corrected chi connectivity index (χ2v) is 8.65. The lowest BCUT2D eigenvalue weighted by Gasteiger charge is -2.15. The molecule has 1 aliphatic rings. The summed E-state index contributed by atoms with van der Waals surface area (Å²) in [5.41, 5.74) is 6.81. The number of carbonyl (C=O) groups excluding carboxylic acids is 2. The van der Waals surface area contributed by atoms with Crippen LogP contribution in [0.4, 0.5) is 5.69 Å². The fourth-order valence-electron chi connectivity index (χ4n) is 3.18. The second-order valence-electron chi connectivity index (χ2n) is 6.71. The Labute approximate surface area is 164 Å². The van der Waals surface area contributed by atoms with E-state index in [1.807, 2.05) is 0 Å². The van der Waals surface area contributed by atoms with Gasteiger partial charge in [0.25, 0.3) is 5.91 Å². The standard InChI is InChI=1S/C20H23N3O4S/c21-20(25)17-5-1-2-6-18(17)22-19(24)12-9-15-7-10-16(11-8-15)28(26,27)23-13-3-4-14-23/h1-2,5-8,10-11H,3-4,9,12-14H2,(H2,21,25)(H,22,24). The van der Waals surface area contributed by atoms with Crippen molar-refractivity contribution in [3.63, 3.8) is 0 Å². The number of rotatable bonds is 7. The third kappa shape index (κ3) is 4.58. The van der Waals surface area contributed by atoms with Gasteiger partial charge in [0.1, 0.15) is 0 Å². The number of nitrogens with one attached hydrogen (secondary N) is 1. The van der Waals surface area contributed by atoms with E-state index in [0.29, 0.717) is 25.2 Å². The van der Waals surface area contributed by atoms with Crippen LogP contribution in [0, 0.1) is 0 Å². The highest BCUT2D eigenvalue weighted by molar-refractivity contribution is 7.89. The third-order valence-electron chi connectivity index (χ3n) is 4.73.